The fraction of sp³-hybridized carbons (Fsp3) is 0.500. The molecule has 1 saturated heterocycles. The first kappa shape index (κ1) is 21.6. The number of nitrogens with zero attached hydrogens (tertiary/aromatic N) is 1. The van der Waals surface area contributed by atoms with Gasteiger partial charge in [0, 0.05) is 23.5 Å². The van der Waals surface area contributed by atoms with E-state index in [0.29, 0.717) is 11.5 Å². The van der Waals surface area contributed by atoms with Gasteiger partial charge in [-0.3, -0.25) is 10.0 Å². The maximum absolute atomic E-state index is 13.1. The monoisotopic (exact) mass is 412 g/mol. The third kappa shape index (κ3) is 4.96. The number of carbonyl (C=O) groups is 1. The molecule has 27 heavy (non-hydrogen) atoms. The number of hydroxylamine groups is 1. The average molecular weight is 413 g/mol. The van der Waals surface area contributed by atoms with Gasteiger partial charge >= 0.3 is 0 Å². The molecule has 0 radical (unpaired) electrons. The maximum atomic E-state index is 13.1. The number of thioether (sulfide) groups is 1. The van der Waals surface area contributed by atoms with Crippen LogP contribution in [0.4, 0.5) is 0 Å². The molecule has 0 aromatic heterocycles. The maximum Gasteiger partial charge on any atom is 0.263 e. The van der Waals surface area contributed by atoms with E-state index in [-0.39, 0.29) is 18.0 Å². The number of sulfonamides is 1. The number of nitrogens with one attached hydrogen (secondary N) is 1. The Morgan fingerprint density at radius 1 is 1.37 bits per heavy atom. The van der Waals surface area contributed by atoms with Crippen LogP contribution in [0.15, 0.2) is 29.2 Å². The van der Waals surface area contributed by atoms with Crippen molar-refractivity contribution in [1.29, 1.82) is 0 Å². The molecule has 1 aromatic rings. The number of ether oxygens (including phenoxy) is 1. The largest absolute Gasteiger partial charge is 0.481 e. The van der Waals surface area contributed by atoms with Gasteiger partial charge in [0.1, 0.15) is 18.4 Å². The molecule has 0 spiro atoms. The minimum absolute atomic E-state index is 0.0629. The summed E-state index contributed by atoms with van der Waals surface area (Å²) in [6.45, 7) is 5.92. The Labute approximate surface area is 164 Å². The highest BCUT2D eigenvalue weighted by molar-refractivity contribution is 8.00. The number of rotatable bonds is 5. The van der Waals surface area contributed by atoms with Crippen molar-refractivity contribution in [1.82, 2.24) is 9.79 Å². The smallest absolute Gasteiger partial charge is 0.263 e. The van der Waals surface area contributed by atoms with Crippen molar-refractivity contribution in [3.63, 3.8) is 0 Å². The van der Waals surface area contributed by atoms with Crippen LogP contribution in [0.5, 0.6) is 5.75 Å². The summed E-state index contributed by atoms with van der Waals surface area (Å²) in [5, 5.41) is 9.07. The molecule has 0 aliphatic carbocycles. The van der Waals surface area contributed by atoms with Gasteiger partial charge in [-0.15, -0.1) is 5.92 Å². The lowest BCUT2D eigenvalue weighted by Gasteiger charge is -2.43. The number of benzene rings is 1. The van der Waals surface area contributed by atoms with Crippen LogP contribution in [0.3, 0.4) is 0 Å². The van der Waals surface area contributed by atoms with E-state index in [4.69, 9.17) is 9.94 Å². The molecule has 0 bridgehead atoms. The predicted octanol–water partition coefficient (Wildman–Crippen LogP) is 1.87. The van der Waals surface area contributed by atoms with Gasteiger partial charge in [-0.25, -0.2) is 13.9 Å². The van der Waals surface area contributed by atoms with Crippen LogP contribution in [0.25, 0.3) is 0 Å². The molecule has 148 valence electrons. The lowest BCUT2D eigenvalue weighted by atomic mass is 10.0. The van der Waals surface area contributed by atoms with Gasteiger partial charge in [0.25, 0.3) is 5.91 Å². The zero-order valence-corrected chi connectivity index (χ0v) is 17.2. The Bertz CT molecular complexity index is 826. The summed E-state index contributed by atoms with van der Waals surface area (Å²) in [5.74, 6) is 6.05. The third-order valence-electron chi connectivity index (χ3n) is 4.13. The van der Waals surface area contributed by atoms with Crippen LogP contribution in [-0.4, -0.2) is 53.5 Å². The van der Waals surface area contributed by atoms with Gasteiger partial charge in [-0.05, 0) is 38.1 Å². The predicted molar refractivity (Wildman–Crippen MR) is 104 cm³/mol. The molecular weight excluding hydrogens is 388 g/mol. The molecule has 2 N–H and O–H groups in total. The van der Waals surface area contributed by atoms with Crippen LogP contribution in [-0.2, 0) is 14.8 Å². The summed E-state index contributed by atoms with van der Waals surface area (Å²) in [5.41, 5.74) is 1.60. The first-order valence-electron chi connectivity index (χ1n) is 8.52. The summed E-state index contributed by atoms with van der Waals surface area (Å²) in [7, 11) is -3.92. The molecule has 2 rings (SSSR count). The van der Waals surface area contributed by atoms with Crippen molar-refractivity contribution >= 4 is 27.7 Å². The van der Waals surface area contributed by atoms with Crippen molar-refractivity contribution in [3.05, 3.63) is 24.3 Å². The van der Waals surface area contributed by atoms with Crippen LogP contribution in [0, 0.1) is 11.8 Å². The molecule has 0 unspecified atom stereocenters. The first-order valence-corrected chi connectivity index (χ1v) is 10.9. The Balaban J connectivity index is 2.26. The first-order chi connectivity index (χ1) is 12.7. The summed E-state index contributed by atoms with van der Waals surface area (Å²) in [4.78, 5) is 12.2. The highest BCUT2D eigenvalue weighted by atomic mass is 32.2. The second kappa shape index (κ2) is 8.97. The SMILES string of the molecule is CCC#CCOc1ccc(S(=O)(=O)N2CCSC(C)(C)[C@@H]2C(=O)NO)cc1. The highest BCUT2D eigenvalue weighted by Crippen LogP contribution is 2.38. The van der Waals surface area contributed by atoms with Crippen LogP contribution >= 0.6 is 11.8 Å². The molecule has 1 heterocycles. The third-order valence-corrected chi connectivity index (χ3v) is 7.37. The van der Waals surface area contributed by atoms with E-state index < -0.39 is 26.7 Å². The lowest BCUT2D eigenvalue weighted by molar-refractivity contribution is -0.134. The second-order valence-electron chi connectivity index (χ2n) is 6.41. The number of carbonyl (C=O) groups excluding carboxylic acids is 1. The van der Waals surface area contributed by atoms with Crippen molar-refractivity contribution in [2.75, 3.05) is 18.9 Å². The number of amides is 1. The van der Waals surface area contributed by atoms with Gasteiger partial charge < -0.3 is 4.74 Å². The topological polar surface area (TPSA) is 95.9 Å². The van der Waals surface area contributed by atoms with E-state index >= 15 is 0 Å². The molecule has 1 aromatic carbocycles. The van der Waals surface area contributed by atoms with Gasteiger partial charge in [-0.1, -0.05) is 12.8 Å². The van der Waals surface area contributed by atoms with E-state index in [1.54, 1.807) is 31.5 Å². The molecule has 1 atom stereocenters. The summed E-state index contributed by atoms with van der Waals surface area (Å²) >= 11 is 1.49. The van der Waals surface area contributed by atoms with Gasteiger partial charge in [0.05, 0.1) is 4.90 Å². The van der Waals surface area contributed by atoms with Crippen LogP contribution in [0.2, 0.25) is 0 Å². The van der Waals surface area contributed by atoms with Crippen molar-refractivity contribution in [2.45, 2.75) is 42.9 Å². The molecule has 1 fully saturated rings. The van der Waals surface area contributed by atoms with Crippen molar-refractivity contribution < 1.29 is 23.2 Å². The molecular formula is C18H24N2O5S2. The molecule has 7 nitrogen and oxygen atoms in total. The number of hydrogen-bond acceptors (Lipinski definition) is 6. The molecule has 1 aliphatic rings. The minimum Gasteiger partial charge on any atom is -0.481 e. The van der Waals surface area contributed by atoms with Crippen LogP contribution in [0.1, 0.15) is 27.2 Å². The van der Waals surface area contributed by atoms with E-state index in [9.17, 15) is 13.2 Å². The van der Waals surface area contributed by atoms with Crippen molar-refractivity contribution in [3.8, 4) is 17.6 Å². The van der Waals surface area contributed by atoms with Gasteiger partial charge in [0.2, 0.25) is 10.0 Å². The zero-order valence-electron chi connectivity index (χ0n) is 15.6. The molecule has 0 saturated carbocycles. The molecule has 1 amide bonds. The van der Waals surface area contributed by atoms with Gasteiger partial charge in [0.15, 0.2) is 0 Å². The summed E-state index contributed by atoms with van der Waals surface area (Å²) in [6, 6.07) is 4.99. The van der Waals surface area contributed by atoms with E-state index in [0.717, 1.165) is 10.7 Å². The van der Waals surface area contributed by atoms with E-state index in [2.05, 4.69) is 11.8 Å². The van der Waals surface area contributed by atoms with E-state index in [1.165, 1.54) is 23.9 Å². The zero-order chi connectivity index (χ0) is 20.1. The van der Waals surface area contributed by atoms with Gasteiger partial charge in [-0.2, -0.15) is 16.1 Å². The average Bonchev–Trinajstić information content (AvgIpc) is 2.64. The molecule has 1 aliphatic heterocycles. The fourth-order valence-corrected chi connectivity index (χ4v) is 5.97. The standard InChI is InChI=1S/C18H24N2O5S2/c1-4-5-6-12-25-14-7-9-15(10-8-14)27(23,24)20-11-13-26-18(2,3)16(20)17(21)19-22/h7-10,16,22H,4,11-13H2,1-3H3,(H,19,21)/t16-/m0/s1. The summed E-state index contributed by atoms with van der Waals surface area (Å²) < 4.78 is 32.1. The highest BCUT2D eigenvalue weighted by Gasteiger charge is 2.48. The Kier molecular flexibility index (Phi) is 7.17. The number of hydrogen-bond donors (Lipinski definition) is 2. The Hall–Kier alpha value is -1.73. The second-order valence-corrected chi connectivity index (χ2v) is 10.1. The fourth-order valence-electron chi connectivity index (χ4n) is 2.86. The van der Waals surface area contributed by atoms with E-state index in [1.807, 2.05) is 6.92 Å². The Morgan fingerprint density at radius 3 is 2.63 bits per heavy atom. The normalized spacial score (nSPS) is 19.6. The molecule has 9 heteroatoms. The summed E-state index contributed by atoms with van der Waals surface area (Å²) in [6.07, 6.45) is 0.744. The lowest BCUT2D eigenvalue weighted by Crippen LogP contribution is -2.61. The minimum atomic E-state index is -3.92. The van der Waals surface area contributed by atoms with Crippen molar-refractivity contribution in [2.24, 2.45) is 0 Å². The quantitative estimate of drug-likeness (QED) is 0.435. The van der Waals surface area contributed by atoms with Crippen LogP contribution < -0.4 is 10.2 Å². The Morgan fingerprint density at radius 2 is 2.04 bits per heavy atom.